The fraction of sp³-hybridized carbons (Fsp3) is 0.923. The number of rotatable bonds is 3. The van der Waals surface area contributed by atoms with Crippen LogP contribution in [0.25, 0.3) is 0 Å². The number of likely N-dealkylation sites (N-methyl/N-ethyl adjacent to an activating group) is 1. The summed E-state index contributed by atoms with van der Waals surface area (Å²) in [5.41, 5.74) is -0.437. The third kappa shape index (κ3) is 5.23. The Kier molecular flexibility index (Phi) is 5.41. The Morgan fingerprint density at radius 3 is 2.44 bits per heavy atom. The highest BCUT2D eigenvalue weighted by molar-refractivity contribution is 5.67. The van der Waals surface area contributed by atoms with E-state index in [-0.39, 0.29) is 6.09 Å². The molecule has 1 amide bonds. The number of morpholine rings is 1. The molecule has 0 bridgehead atoms. The highest BCUT2D eigenvalue weighted by Gasteiger charge is 2.23. The zero-order valence-electron chi connectivity index (χ0n) is 12.2. The van der Waals surface area contributed by atoms with Gasteiger partial charge in [-0.2, -0.15) is 0 Å². The molecule has 1 unspecified atom stereocenters. The topological polar surface area (TPSA) is 42.0 Å². The number of amides is 1. The SMILES string of the molecule is CC(CN(C)C(=O)OC(C)(C)C)N1CCOCC1. The van der Waals surface area contributed by atoms with E-state index in [1.807, 2.05) is 20.8 Å². The first-order chi connectivity index (χ1) is 8.29. The van der Waals surface area contributed by atoms with Gasteiger partial charge in [-0.3, -0.25) is 4.90 Å². The number of carbonyl (C=O) groups is 1. The largest absolute Gasteiger partial charge is 0.444 e. The van der Waals surface area contributed by atoms with Crippen molar-refractivity contribution in [1.82, 2.24) is 9.80 Å². The van der Waals surface area contributed by atoms with Crippen LogP contribution in [0.15, 0.2) is 0 Å². The fourth-order valence-corrected chi connectivity index (χ4v) is 1.94. The second-order valence-corrected chi connectivity index (χ2v) is 5.86. The number of carbonyl (C=O) groups excluding carboxylic acids is 1. The van der Waals surface area contributed by atoms with E-state index in [9.17, 15) is 4.79 Å². The molecule has 5 nitrogen and oxygen atoms in total. The summed E-state index contributed by atoms with van der Waals surface area (Å²) in [6, 6.07) is 0.325. The summed E-state index contributed by atoms with van der Waals surface area (Å²) in [7, 11) is 1.78. The van der Waals surface area contributed by atoms with Crippen molar-refractivity contribution in [2.45, 2.75) is 39.3 Å². The Bertz CT molecular complexity index is 270. The highest BCUT2D eigenvalue weighted by atomic mass is 16.6. The molecular weight excluding hydrogens is 232 g/mol. The number of nitrogens with zero attached hydrogens (tertiary/aromatic N) is 2. The summed E-state index contributed by atoms with van der Waals surface area (Å²) in [5, 5.41) is 0. The molecule has 106 valence electrons. The van der Waals surface area contributed by atoms with Gasteiger partial charge in [0.15, 0.2) is 0 Å². The van der Waals surface area contributed by atoms with Gasteiger partial charge in [0.25, 0.3) is 0 Å². The minimum atomic E-state index is -0.437. The van der Waals surface area contributed by atoms with Gasteiger partial charge < -0.3 is 14.4 Å². The molecule has 5 heteroatoms. The first-order valence-corrected chi connectivity index (χ1v) is 6.55. The Labute approximate surface area is 110 Å². The quantitative estimate of drug-likeness (QED) is 0.770. The molecule has 0 aromatic heterocycles. The van der Waals surface area contributed by atoms with Crippen LogP contribution in [-0.2, 0) is 9.47 Å². The van der Waals surface area contributed by atoms with Gasteiger partial charge in [0.2, 0.25) is 0 Å². The van der Waals surface area contributed by atoms with E-state index in [1.54, 1.807) is 11.9 Å². The van der Waals surface area contributed by atoms with Crippen LogP contribution in [0.2, 0.25) is 0 Å². The molecule has 0 radical (unpaired) electrons. The molecule has 1 aliphatic heterocycles. The molecule has 1 rings (SSSR count). The summed E-state index contributed by atoms with van der Waals surface area (Å²) < 4.78 is 10.7. The smallest absolute Gasteiger partial charge is 0.410 e. The lowest BCUT2D eigenvalue weighted by atomic mass is 10.2. The molecule has 1 heterocycles. The van der Waals surface area contributed by atoms with Crippen molar-refractivity contribution in [1.29, 1.82) is 0 Å². The van der Waals surface area contributed by atoms with E-state index in [4.69, 9.17) is 9.47 Å². The average Bonchev–Trinajstić information content (AvgIpc) is 2.27. The van der Waals surface area contributed by atoms with E-state index < -0.39 is 5.60 Å². The molecule has 1 aliphatic rings. The fourth-order valence-electron chi connectivity index (χ4n) is 1.94. The van der Waals surface area contributed by atoms with E-state index in [0.29, 0.717) is 12.6 Å². The van der Waals surface area contributed by atoms with Gasteiger partial charge >= 0.3 is 6.09 Å². The summed E-state index contributed by atoms with van der Waals surface area (Å²) >= 11 is 0. The maximum Gasteiger partial charge on any atom is 0.410 e. The Hall–Kier alpha value is -0.810. The van der Waals surface area contributed by atoms with Crippen LogP contribution in [0.4, 0.5) is 4.79 Å². The molecular formula is C13H26N2O3. The van der Waals surface area contributed by atoms with Crippen LogP contribution in [0.3, 0.4) is 0 Å². The summed E-state index contributed by atoms with van der Waals surface area (Å²) in [4.78, 5) is 15.8. The lowest BCUT2D eigenvalue weighted by Gasteiger charge is -2.34. The third-order valence-corrected chi connectivity index (χ3v) is 2.91. The first-order valence-electron chi connectivity index (χ1n) is 6.55. The normalized spacial score (nSPS) is 19.4. The van der Waals surface area contributed by atoms with Crippen molar-refractivity contribution >= 4 is 6.09 Å². The van der Waals surface area contributed by atoms with Crippen molar-refractivity contribution in [3.8, 4) is 0 Å². The van der Waals surface area contributed by atoms with E-state index in [0.717, 1.165) is 26.3 Å². The molecule has 1 saturated heterocycles. The van der Waals surface area contributed by atoms with Gasteiger partial charge in [0.05, 0.1) is 13.2 Å². The van der Waals surface area contributed by atoms with Gasteiger partial charge in [0, 0.05) is 32.7 Å². The molecule has 18 heavy (non-hydrogen) atoms. The lowest BCUT2D eigenvalue weighted by molar-refractivity contribution is 0.00412. The van der Waals surface area contributed by atoms with Crippen molar-refractivity contribution in [3.63, 3.8) is 0 Å². The molecule has 0 aromatic rings. The second-order valence-electron chi connectivity index (χ2n) is 5.86. The number of ether oxygens (including phenoxy) is 2. The average molecular weight is 258 g/mol. The van der Waals surface area contributed by atoms with Crippen molar-refractivity contribution in [3.05, 3.63) is 0 Å². The van der Waals surface area contributed by atoms with E-state index in [1.165, 1.54) is 0 Å². The van der Waals surface area contributed by atoms with Crippen LogP contribution < -0.4 is 0 Å². The predicted octanol–water partition coefficient (Wildman–Crippen LogP) is 1.57. The maximum absolute atomic E-state index is 11.8. The van der Waals surface area contributed by atoms with Gasteiger partial charge in [-0.05, 0) is 27.7 Å². The summed E-state index contributed by atoms with van der Waals surface area (Å²) in [5.74, 6) is 0. The van der Waals surface area contributed by atoms with Crippen LogP contribution in [0.1, 0.15) is 27.7 Å². The standard InChI is InChI=1S/C13H26N2O3/c1-11(15-6-8-17-9-7-15)10-14(5)12(16)18-13(2,3)4/h11H,6-10H2,1-5H3. The van der Waals surface area contributed by atoms with Crippen LogP contribution in [0.5, 0.6) is 0 Å². The Balaban J connectivity index is 2.38. The molecule has 0 aliphatic carbocycles. The third-order valence-electron chi connectivity index (χ3n) is 2.91. The minimum Gasteiger partial charge on any atom is -0.444 e. The molecule has 0 aromatic carbocycles. The monoisotopic (exact) mass is 258 g/mol. The Morgan fingerprint density at radius 2 is 1.94 bits per heavy atom. The zero-order chi connectivity index (χ0) is 13.8. The van der Waals surface area contributed by atoms with Gasteiger partial charge in [0.1, 0.15) is 5.60 Å². The van der Waals surface area contributed by atoms with Crippen LogP contribution in [-0.4, -0.2) is 67.4 Å². The molecule has 0 spiro atoms. The molecule has 0 saturated carbocycles. The van der Waals surface area contributed by atoms with Gasteiger partial charge in [-0.15, -0.1) is 0 Å². The van der Waals surface area contributed by atoms with Crippen molar-refractivity contribution in [2.75, 3.05) is 39.9 Å². The first kappa shape index (κ1) is 15.2. The van der Waals surface area contributed by atoms with E-state index in [2.05, 4.69) is 11.8 Å². The Morgan fingerprint density at radius 1 is 1.39 bits per heavy atom. The van der Waals surface area contributed by atoms with E-state index >= 15 is 0 Å². The number of hydrogen-bond acceptors (Lipinski definition) is 4. The maximum atomic E-state index is 11.8. The minimum absolute atomic E-state index is 0.261. The lowest BCUT2D eigenvalue weighted by Crippen LogP contribution is -2.48. The zero-order valence-corrected chi connectivity index (χ0v) is 12.2. The predicted molar refractivity (Wildman–Crippen MR) is 70.7 cm³/mol. The van der Waals surface area contributed by atoms with Crippen molar-refractivity contribution in [2.24, 2.45) is 0 Å². The van der Waals surface area contributed by atoms with Crippen LogP contribution in [0, 0.1) is 0 Å². The molecule has 0 N–H and O–H groups in total. The van der Waals surface area contributed by atoms with Crippen LogP contribution >= 0.6 is 0 Å². The summed E-state index contributed by atoms with van der Waals surface area (Å²) in [6.07, 6.45) is -0.261. The second kappa shape index (κ2) is 6.38. The van der Waals surface area contributed by atoms with Gasteiger partial charge in [-0.1, -0.05) is 0 Å². The highest BCUT2D eigenvalue weighted by Crippen LogP contribution is 2.11. The molecule has 1 atom stereocenters. The molecule has 1 fully saturated rings. The number of hydrogen-bond donors (Lipinski definition) is 0. The van der Waals surface area contributed by atoms with Gasteiger partial charge in [-0.25, -0.2) is 4.79 Å². The summed E-state index contributed by atoms with van der Waals surface area (Å²) in [6.45, 7) is 11.9. The van der Waals surface area contributed by atoms with Crippen molar-refractivity contribution < 1.29 is 14.3 Å².